The average Bonchev–Trinajstić information content (AvgIpc) is 3.18. The second-order valence-electron chi connectivity index (χ2n) is 11.8. The highest BCUT2D eigenvalue weighted by Gasteiger charge is 2.78. The molecule has 2 aromatic rings. The van der Waals surface area contributed by atoms with Gasteiger partial charge in [0.2, 0.25) is 0 Å². The molecule has 1 N–H and O–H groups in total. The molecule has 0 aromatic heterocycles. The van der Waals surface area contributed by atoms with Gasteiger partial charge in [0.25, 0.3) is 0 Å². The van der Waals surface area contributed by atoms with Crippen molar-refractivity contribution in [1.82, 2.24) is 0 Å². The van der Waals surface area contributed by atoms with Crippen molar-refractivity contribution >= 4 is 17.9 Å². The molecule has 39 heavy (non-hydrogen) atoms. The smallest absolute Gasteiger partial charge is 0.338 e. The van der Waals surface area contributed by atoms with Crippen LogP contribution in [0.1, 0.15) is 68.2 Å². The number of rotatable bonds is 5. The Kier molecular flexibility index (Phi) is 6.84. The van der Waals surface area contributed by atoms with Gasteiger partial charge < -0.3 is 24.1 Å². The summed E-state index contributed by atoms with van der Waals surface area (Å²) in [5.74, 6) is -2.24. The first-order valence-corrected chi connectivity index (χ1v) is 13.5. The number of esters is 3. The summed E-state index contributed by atoms with van der Waals surface area (Å²) in [4.78, 5) is 39.0. The average molecular weight is 537 g/mol. The maximum atomic E-state index is 13.4. The second kappa shape index (κ2) is 9.75. The Labute approximate surface area is 228 Å². The zero-order valence-corrected chi connectivity index (χ0v) is 23.0. The number of benzene rings is 2. The van der Waals surface area contributed by atoms with Gasteiger partial charge in [0.15, 0.2) is 6.10 Å². The first kappa shape index (κ1) is 27.3. The predicted molar refractivity (Wildman–Crippen MR) is 141 cm³/mol. The third-order valence-electron chi connectivity index (χ3n) is 9.20. The summed E-state index contributed by atoms with van der Waals surface area (Å²) in [6.07, 6.45) is -3.28. The van der Waals surface area contributed by atoms with Crippen LogP contribution in [0, 0.1) is 17.3 Å². The van der Waals surface area contributed by atoms with E-state index >= 15 is 0 Å². The Balaban J connectivity index is 1.64. The summed E-state index contributed by atoms with van der Waals surface area (Å²) in [6, 6.07) is 17.1. The number of aliphatic hydroxyl groups is 1. The molecule has 1 heterocycles. The lowest BCUT2D eigenvalue weighted by molar-refractivity contribution is -0.286. The Morgan fingerprint density at radius 1 is 0.846 bits per heavy atom. The van der Waals surface area contributed by atoms with Crippen LogP contribution in [0.4, 0.5) is 0 Å². The van der Waals surface area contributed by atoms with Crippen LogP contribution in [-0.4, -0.2) is 58.6 Å². The van der Waals surface area contributed by atoms with Crippen LogP contribution >= 0.6 is 0 Å². The molecule has 2 aliphatic carbocycles. The van der Waals surface area contributed by atoms with Crippen molar-refractivity contribution in [3.63, 3.8) is 0 Å². The van der Waals surface area contributed by atoms with E-state index in [1.54, 1.807) is 60.7 Å². The summed E-state index contributed by atoms with van der Waals surface area (Å²) in [5.41, 5.74) is -2.27. The summed E-state index contributed by atoms with van der Waals surface area (Å²) < 4.78 is 25.0. The third kappa shape index (κ3) is 4.34. The Bertz CT molecular complexity index is 1240. The van der Waals surface area contributed by atoms with Gasteiger partial charge in [-0.25, -0.2) is 9.59 Å². The molecule has 5 rings (SSSR count). The van der Waals surface area contributed by atoms with Gasteiger partial charge in [-0.2, -0.15) is 0 Å². The van der Waals surface area contributed by atoms with Gasteiger partial charge in [-0.05, 0) is 63.8 Å². The Morgan fingerprint density at radius 3 is 1.87 bits per heavy atom. The van der Waals surface area contributed by atoms with Crippen LogP contribution in [0.3, 0.4) is 0 Å². The summed E-state index contributed by atoms with van der Waals surface area (Å²) in [5, 5.41) is 11.8. The Hall–Kier alpha value is -3.23. The molecule has 8 nitrogen and oxygen atoms in total. The molecule has 2 saturated carbocycles. The van der Waals surface area contributed by atoms with Crippen molar-refractivity contribution in [2.75, 3.05) is 0 Å². The fourth-order valence-corrected chi connectivity index (χ4v) is 7.34. The molecule has 2 bridgehead atoms. The van der Waals surface area contributed by atoms with Gasteiger partial charge in [-0.3, -0.25) is 4.79 Å². The predicted octanol–water partition coefficient (Wildman–Crippen LogP) is 4.34. The van der Waals surface area contributed by atoms with Crippen molar-refractivity contribution in [2.24, 2.45) is 17.3 Å². The number of carbonyl (C=O) groups excluding carboxylic acids is 3. The summed E-state index contributed by atoms with van der Waals surface area (Å²) >= 11 is 0. The van der Waals surface area contributed by atoms with E-state index in [-0.39, 0.29) is 11.8 Å². The van der Waals surface area contributed by atoms with Gasteiger partial charge in [0.05, 0.1) is 33.8 Å². The summed E-state index contributed by atoms with van der Waals surface area (Å²) in [7, 11) is 0. The SMILES string of the molecule is CC(=O)O[C@@H]1C[C@@H](C)[C@@]23C[C@@H]([C@@H](O)[C@H](OC(=O)c4ccccc4)[C@]2(C)[C@H]1OC(=O)c1ccccc1)C(C)(C)O3. The van der Waals surface area contributed by atoms with Gasteiger partial charge in [-0.1, -0.05) is 43.3 Å². The van der Waals surface area contributed by atoms with Gasteiger partial charge in [-0.15, -0.1) is 0 Å². The first-order valence-electron chi connectivity index (χ1n) is 13.5. The normalized spacial score (nSPS) is 36.4. The van der Waals surface area contributed by atoms with E-state index in [0.29, 0.717) is 24.0 Å². The monoisotopic (exact) mass is 536 g/mol. The molecule has 1 spiro atoms. The number of aliphatic hydroxyl groups excluding tert-OH is 1. The van der Waals surface area contributed by atoms with Crippen LogP contribution in [-0.2, 0) is 23.7 Å². The minimum Gasteiger partial charge on any atom is -0.459 e. The Morgan fingerprint density at radius 2 is 1.36 bits per heavy atom. The summed E-state index contributed by atoms with van der Waals surface area (Å²) in [6.45, 7) is 8.99. The molecule has 8 atom stereocenters. The lowest BCUT2D eigenvalue weighted by atomic mass is 9.49. The maximum Gasteiger partial charge on any atom is 0.338 e. The van der Waals surface area contributed by atoms with Gasteiger partial charge >= 0.3 is 17.9 Å². The van der Waals surface area contributed by atoms with E-state index in [2.05, 4.69) is 0 Å². The van der Waals surface area contributed by atoms with Crippen LogP contribution in [0.25, 0.3) is 0 Å². The molecule has 8 heteroatoms. The standard InChI is InChI=1S/C31H36O8/c1-18-16-23(36-19(2)32)25(37-27(34)20-12-8-6-9-13-20)30(5)26(38-28(35)21-14-10-7-11-15-21)24(33)22-17-31(18,30)39-29(22,3)4/h6-15,18,22-26,33H,16-17H2,1-5H3/t18-,22+,23-,24-,25+,26+,30+,31+/m1/s1. The molecule has 0 unspecified atom stereocenters. The highest BCUT2D eigenvalue weighted by atomic mass is 16.6. The lowest BCUT2D eigenvalue weighted by Crippen LogP contribution is -2.74. The molecule has 1 saturated heterocycles. The number of fused-ring (bicyclic) bond motifs is 1. The third-order valence-corrected chi connectivity index (χ3v) is 9.20. The molecular formula is C31H36O8. The quantitative estimate of drug-likeness (QED) is 0.444. The number of ether oxygens (including phenoxy) is 4. The molecule has 2 aromatic carbocycles. The molecule has 0 radical (unpaired) electrons. The molecule has 1 aliphatic heterocycles. The van der Waals surface area contributed by atoms with Crippen LogP contribution < -0.4 is 0 Å². The molecular weight excluding hydrogens is 500 g/mol. The van der Waals surface area contributed by atoms with Crippen LogP contribution in [0.5, 0.6) is 0 Å². The minimum atomic E-state index is -1.26. The fourth-order valence-electron chi connectivity index (χ4n) is 7.34. The van der Waals surface area contributed by atoms with Gasteiger partial charge in [0, 0.05) is 12.8 Å². The highest BCUT2D eigenvalue weighted by molar-refractivity contribution is 5.90. The highest BCUT2D eigenvalue weighted by Crippen LogP contribution is 2.67. The van der Waals surface area contributed by atoms with Crippen molar-refractivity contribution in [3.8, 4) is 0 Å². The molecule has 3 aliphatic rings. The maximum absolute atomic E-state index is 13.4. The fraction of sp³-hybridized carbons (Fsp3) is 0.516. The number of carbonyl (C=O) groups is 3. The van der Waals surface area contributed by atoms with Crippen LogP contribution in [0.2, 0.25) is 0 Å². The largest absolute Gasteiger partial charge is 0.459 e. The second-order valence-corrected chi connectivity index (χ2v) is 11.8. The lowest BCUT2D eigenvalue weighted by Gasteiger charge is -2.62. The molecule has 208 valence electrons. The number of hydrogen-bond acceptors (Lipinski definition) is 8. The van der Waals surface area contributed by atoms with Crippen molar-refractivity contribution < 1.29 is 38.4 Å². The van der Waals surface area contributed by atoms with E-state index in [0.717, 1.165) is 0 Å². The van der Waals surface area contributed by atoms with E-state index in [1.807, 2.05) is 27.7 Å². The van der Waals surface area contributed by atoms with E-state index < -0.39 is 58.9 Å². The molecule has 3 fully saturated rings. The van der Waals surface area contributed by atoms with E-state index in [9.17, 15) is 19.5 Å². The minimum absolute atomic E-state index is 0.173. The van der Waals surface area contributed by atoms with Crippen molar-refractivity contribution in [3.05, 3.63) is 71.8 Å². The van der Waals surface area contributed by atoms with Crippen LogP contribution in [0.15, 0.2) is 60.7 Å². The zero-order valence-electron chi connectivity index (χ0n) is 23.0. The van der Waals surface area contributed by atoms with Crippen molar-refractivity contribution in [2.45, 2.75) is 83.1 Å². The van der Waals surface area contributed by atoms with Crippen molar-refractivity contribution in [1.29, 1.82) is 0 Å². The van der Waals surface area contributed by atoms with Gasteiger partial charge in [0.1, 0.15) is 12.2 Å². The zero-order chi connectivity index (χ0) is 28.2. The van der Waals surface area contributed by atoms with E-state index in [1.165, 1.54) is 6.92 Å². The first-order chi connectivity index (χ1) is 18.4. The number of hydrogen-bond donors (Lipinski definition) is 1. The van der Waals surface area contributed by atoms with E-state index in [4.69, 9.17) is 18.9 Å². The molecule has 0 amide bonds. The topological polar surface area (TPSA) is 108 Å².